The van der Waals surface area contributed by atoms with E-state index in [0.29, 0.717) is 10.9 Å². The molecule has 0 aliphatic rings. The molecule has 6 nitrogen and oxygen atoms in total. The number of rotatable bonds is 10. The number of carbonyl (C=O) groups is 1. The van der Waals surface area contributed by atoms with Gasteiger partial charge in [0.2, 0.25) is 0 Å². The molecule has 0 saturated carbocycles. The van der Waals surface area contributed by atoms with Crippen LogP contribution in [-0.2, 0) is 16.3 Å². The van der Waals surface area contributed by atoms with Crippen LogP contribution in [0.5, 0.6) is 17.2 Å². The Morgan fingerprint density at radius 3 is 2.57 bits per heavy atom. The van der Waals surface area contributed by atoms with Crippen LogP contribution in [0.3, 0.4) is 0 Å². The highest BCUT2D eigenvalue weighted by atomic mass is 32.2. The number of benzene rings is 2. The van der Waals surface area contributed by atoms with Gasteiger partial charge < -0.3 is 14.2 Å². The van der Waals surface area contributed by atoms with E-state index in [-0.39, 0.29) is 12.4 Å². The molecule has 2 aromatic carbocycles. The molecule has 0 spiro atoms. The van der Waals surface area contributed by atoms with Gasteiger partial charge in [-0.15, -0.1) is 11.3 Å². The van der Waals surface area contributed by atoms with Gasteiger partial charge in [-0.3, -0.25) is 10.1 Å². The van der Waals surface area contributed by atoms with Gasteiger partial charge in [0.1, 0.15) is 11.5 Å². The van der Waals surface area contributed by atoms with Gasteiger partial charge in [0.25, 0.3) is 5.91 Å². The van der Waals surface area contributed by atoms with Gasteiger partial charge in [-0.05, 0) is 29.8 Å². The first-order chi connectivity index (χ1) is 14.6. The van der Waals surface area contributed by atoms with Gasteiger partial charge in [0, 0.05) is 23.0 Å². The van der Waals surface area contributed by atoms with Crippen molar-refractivity contribution in [2.45, 2.75) is 11.5 Å². The van der Waals surface area contributed by atoms with Gasteiger partial charge >= 0.3 is 0 Å². The summed E-state index contributed by atoms with van der Waals surface area (Å²) in [5.41, 5.74) is 1.95. The first kappa shape index (κ1) is 21.9. The third-order valence-electron chi connectivity index (χ3n) is 3.92. The molecule has 0 radical (unpaired) electrons. The van der Waals surface area contributed by atoms with E-state index < -0.39 is 11.7 Å². The monoisotopic (exact) mass is 448 g/mol. The normalized spacial score (nSPS) is 10.5. The smallest absolute Gasteiger partial charge is 0.264 e. The number of halogens is 1. The molecule has 1 N–H and O–H groups in total. The molecule has 9 heteroatoms. The standard InChI is InChI=1S/C21H21FN2O4S2/c1-26-16-7-14(8-17(9-16)27-2)11-29-12-15-13-30-21(23-15)24-20(25)10-28-19-6-4-3-5-18(19)22/h3-9,13H,10-12H2,1-2H3,(H,23,24,25). The van der Waals surface area contributed by atoms with Gasteiger partial charge in [-0.2, -0.15) is 11.8 Å². The first-order valence-electron chi connectivity index (χ1n) is 8.98. The van der Waals surface area contributed by atoms with E-state index in [1.165, 1.54) is 23.5 Å². The number of nitrogens with one attached hydrogen (secondary N) is 1. The number of carbonyl (C=O) groups excluding carboxylic acids is 1. The van der Waals surface area contributed by atoms with E-state index in [9.17, 15) is 9.18 Å². The molecule has 0 bridgehead atoms. The fraction of sp³-hybridized carbons (Fsp3) is 0.238. The van der Waals surface area contributed by atoms with Gasteiger partial charge in [-0.1, -0.05) is 12.1 Å². The van der Waals surface area contributed by atoms with Gasteiger partial charge in [-0.25, -0.2) is 9.37 Å². The Labute approximate surface area is 182 Å². The number of methoxy groups -OCH3 is 2. The van der Waals surface area contributed by atoms with Crippen LogP contribution < -0.4 is 19.5 Å². The molecule has 30 heavy (non-hydrogen) atoms. The van der Waals surface area contributed by atoms with Crippen molar-refractivity contribution in [1.29, 1.82) is 0 Å². The van der Waals surface area contributed by atoms with Crippen molar-refractivity contribution in [2.75, 3.05) is 26.1 Å². The van der Waals surface area contributed by atoms with Crippen molar-refractivity contribution in [3.63, 3.8) is 0 Å². The number of aromatic nitrogens is 1. The number of hydrogen-bond acceptors (Lipinski definition) is 7. The molecule has 3 aromatic rings. The maximum Gasteiger partial charge on any atom is 0.264 e. The lowest BCUT2D eigenvalue weighted by Gasteiger charge is -2.08. The van der Waals surface area contributed by atoms with Crippen molar-refractivity contribution < 1.29 is 23.4 Å². The lowest BCUT2D eigenvalue weighted by Crippen LogP contribution is -2.20. The van der Waals surface area contributed by atoms with Crippen LogP contribution in [-0.4, -0.2) is 31.7 Å². The fourth-order valence-corrected chi connectivity index (χ4v) is 4.21. The summed E-state index contributed by atoms with van der Waals surface area (Å²) in [4.78, 5) is 16.4. The molecule has 158 valence electrons. The number of amides is 1. The third-order valence-corrected chi connectivity index (χ3v) is 5.77. The summed E-state index contributed by atoms with van der Waals surface area (Å²) < 4.78 is 29.3. The molecular formula is C21H21FN2O4S2. The van der Waals surface area contributed by atoms with Crippen molar-refractivity contribution >= 4 is 34.1 Å². The van der Waals surface area contributed by atoms with E-state index in [2.05, 4.69) is 10.3 Å². The predicted molar refractivity (Wildman–Crippen MR) is 117 cm³/mol. The summed E-state index contributed by atoms with van der Waals surface area (Å²) in [6.07, 6.45) is 0. The number of thiazole rings is 1. The minimum atomic E-state index is -0.507. The summed E-state index contributed by atoms with van der Waals surface area (Å²) in [6, 6.07) is 11.7. The first-order valence-corrected chi connectivity index (χ1v) is 11.0. The summed E-state index contributed by atoms with van der Waals surface area (Å²) >= 11 is 3.03. The van der Waals surface area contributed by atoms with E-state index in [1.807, 2.05) is 23.6 Å². The molecule has 1 amide bonds. The molecule has 0 aliphatic heterocycles. The molecule has 0 aliphatic carbocycles. The quantitative estimate of drug-likeness (QED) is 0.483. The second-order valence-electron chi connectivity index (χ2n) is 6.12. The van der Waals surface area contributed by atoms with E-state index >= 15 is 0 Å². The molecular weight excluding hydrogens is 427 g/mol. The van der Waals surface area contributed by atoms with Crippen LogP contribution in [0.25, 0.3) is 0 Å². The highest BCUT2D eigenvalue weighted by Crippen LogP contribution is 2.27. The van der Waals surface area contributed by atoms with Crippen molar-refractivity contribution in [1.82, 2.24) is 4.98 Å². The molecule has 0 unspecified atom stereocenters. The fourth-order valence-electron chi connectivity index (χ4n) is 2.51. The molecule has 0 fully saturated rings. The summed E-state index contributed by atoms with van der Waals surface area (Å²) in [5, 5.41) is 5.05. The average molecular weight is 449 g/mol. The Balaban J connectivity index is 1.46. The van der Waals surface area contributed by atoms with Gasteiger partial charge in [0.05, 0.1) is 19.9 Å². The van der Waals surface area contributed by atoms with Crippen molar-refractivity contribution in [3.8, 4) is 17.2 Å². The van der Waals surface area contributed by atoms with E-state index in [1.54, 1.807) is 38.1 Å². The largest absolute Gasteiger partial charge is 0.497 e. The van der Waals surface area contributed by atoms with Crippen LogP contribution in [0.2, 0.25) is 0 Å². The zero-order valence-corrected chi connectivity index (χ0v) is 18.1. The number of nitrogens with zero attached hydrogens (tertiary/aromatic N) is 1. The predicted octanol–water partition coefficient (Wildman–Crippen LogP) is 4.75. The lowest BCUT2D eigenvalue weighted by atomic mass is 10.2. The summed E-state index contributed by atoms with van der Waals surface area (Å²) in [6.45, 7) is -0.289. The van der Waals surface area contributed by atoms with E-state index in [4.69, 9.17) is 14.2 Å². The topological polar surface area (TPSA) is 69.7 Å². The summed E-state index contributed by atoms with van der Waals surface area (Å²) in [7, 11) is 3.25. The minimum absolute atomic E-state index is 0.0399. The molecule has 1 heterocycles. The number of para-hydroxylation sites is 1. The van der Waals surface area contributed by atoms with Crippen LogP contribution in [0.15, 0.2) is 47.8 Å². The number of ether oxygens (including phenoxy) is 3. The minimum Gasteiger partial charge on any atom is -0.497 e. The second-order valence-corrected chi connectivity index (χ2v) is 7.97. The molecule has 0 atom stereocenters. The zero-order chi connectivity index (χ0) is 21.3. The Morgan fingerprint density at radius 2 is 1.87 bits per heavy atom. The zero-order valence-electron chi connectivity index (χ0n) is 16.5. The maximum absolute atomic E-state index is 13.5. The molecule has 0 saturated heterocycles. The van der Waals surface area contributed by atoms with Crippen LogP contribution >= 0.6 is 23.1 Å². The Hall–Kier alpha value is -2.78. The Bertz CT molecular complexity index is 974. The third kappa shape index (κ3) is 6.36. The number of anilines is 1. The second kappa shape index (κ2) is 10.8. The van der Waals surface area contributed by atoms with Crippen molar-refractivity contribution in [3.05, 3.63) is 64.9 Å². The number of thioether (sulfide) groups is 1. The summed E-state index contributed by atoms with van der Waals surface area (Å²) in [5.74, 6) is 2.10. The van der Waals surface area contributed by atoms with Crippen LogP contribution in [0.4, 0.5) is 9.52 Å². The molecule has 1 aromatic heterocycles. The molecule has 3 rings (SSSR count). The van der Waals surface area contributed by atoms with Crippen LogP contribution in [0, 0.1) is 5.82 Å². The highest BCUT2D eigenvalue weighted by molar-refractivity contribution is 7.97. The van der Waals surface area contributed by atoms with E-state index in [0.717, 1.165) is 28.5 Å². The lowest BCUT2D eigenvalue weighted by molar-refractivity contribution is -0.118. The Morgan fingerprint density at radius 1 is 1.13 bits per heavy atom. The van der Waals surface area contributed by atoms with Gasteiger partial charge in [0.15, 0.2) is 23.3 Å². The SMILES string of the molecule is COc1cc(CSCc2csc(NC(=O)COc3ccccc3F)n2)cc(OC)c1. The maximum atomic E-state index is 13.5. The van der Waals surface area contributed by atoms with Crippen LogP contribution in [0.1, 0.15) is 11.3 Å². The van der Waals surface area contributed by atoms with Crippen molar-refractivity contribution in [2.24, 2.45) is 0 Å². The Kier molecular flexibility index (Phi) is 7.92. The highest BCUT2D eigenvalue weighted by Gasteiger charge is 2.10. The number of hydrogen-bond donors (Lipinski definition) is 1. The average Bonchev–Trinajstić information content (AvgIpc) is 3.19.